The Balaban J connectivity index is 0. The molecule has 0 fully saturated rings. The highest BCUT2D eigenvalue weighted by molar-refractivity contribution is 5.60. The first kappa shape index (κ1) is 17.8. The van der Waals surface area contributed by atoms with Gasteiger partial charge in [-0.25, -0.2) is 0 Å². The summed E-state index contributed by atoms with van der Waals surface area (Å²) in [5.41, 5.74) is 0. The molecule has 3 nitrogen and oxygen atoms in total. The number of unbranched alkanes of at least 4 members (excludes halogenated alkanes) is 2. The number of hydrogen-bond acceptors (Lipinski definition) is 2. The Hall–Kier alpha value is -0.570. The van der Waals surface area contributed by atoms with Gasteiger partial charge in [0, 0.05) is 5.97 Å². The highest BCUT2D eigenvalue weighted by atomic mass is 16.4. The highest BCUT2D eigenvalue weighted by Crippen LogP contribution is 2.09. The molecule has 0 saturated carbocycles. The fourth-order valence-corrected chi connectivity index (χ4v) is 1.84. The van der Waals surface area contributed by atoms with Crippen LogP contribution in [0.5, 0.6) is 0 Å². The maximum Gasteiger partial charge on any atom is 0.0786 e. The first-order valence-corrected chi connectivity index (χ1v) is 6.50. The van der Waals surface area contributed by atoms with Gasteiger partial charge in [-0.15, -0.1) is 0 Å². The number of nitrogens with zero attached hydrogens (tertiary/aromatic N) is 1. The first-order valence-electron chi connectivity index (χ1n) is 6.50. The number of rotatable bonds is 7. The van der Waals surface area contributed by atoms with E-state index < -0.39 is 5.97 Å². The fraction of sp³-hybridized carbons (Fsp3) is 0.923. The van der Waals surface area contributed by atoms with Crippen LogP contribution in [-0.4, -0.2) is 36.6 Å². The van der Waals surface area contributed by atoms with Crippen LogP contribution < -0.4 is 5.11 Å². The number of carbonyl (C=O) groups is 1. The van der Waals surface area contributed by atoms with E-state index in [4.69, 9.17) is 9.90 Å². The predicted octanol–water partition coefficient (Wildman–Crippen LogP) is 1.81. The van der Waals surface area contributed by atoms with Gasteiger partial charge in [-0.3, -0.25) is 0 Å². The lowest BCUT2D eigenvalue weighted by atomic mass is 10.2. The van der Waals surface area contributed by atoms with Gasteiger partial charge in [0.1, 0.15) is 0 Å². The van der Waals surface area contributed by atoms with Gasteiger partial charge in [0.15, 0.2) is 0 Å². The van der Waals surface area contributed by atoms with E-state index in [1.165, 1.54) is 49.9 Å². The lowest BCUT2D eigenvalue weighted by molar-refractivity contribution is -0.923. The van der Waals surface area contributed by atoms with E-state index >= 15 is 0 Å². The largest absolute Gasteiger partial charge is 0.550 e. The van der Waals surface area contributed by atoms with Gasteiger partial charge in [-0.1, -0.05) is 13.3 Å². The monoisotopic (exact) mass is 231 g/mol. The van der Waals surface area contributed by atoms with Crippen molar-refractivity contribution in [1.82, 2.24) is 0 Å². The minimum absolute atomic E-state index is 0.972. The van der Waals surface area contributed by atoms with E-state index in [0.717, 1.165) is 6.92 Å². The van der Waals surface area contributed by atoms with Gasteiger partial charge < -0.3 is 14.4 Å². The lowest BCUT2D eigenvalue weighted by Gasteiger charge is -2.35. The zero-order valence-electron chi connectivity index (χ0n) is 11.7. The first-order chi connectivity index (χ1) is 7.47. The molecule has 0 aromatic rings. The molecule has 0 unspecified atom stereocenters. The molecule has 0 bridgehead atoms. The maximum atomic E-state index is 8.89. The molecular weight excluding hydrogens is 202 g/mol. The SMILES string of the molecule is CC(=O)[O-].CCCCC[N+](CC)(CC)CC. The smallest absolute Gasteiger partial charge is 0.0786 e. The van der Waals surface area contributed by atoms with Crippen molar-refractivity contribution in [1.29, 1.82) is 0 Å². The molecule has 0 N–H and O–H groups in total. The molecule has 0 saturated heterocycles. The standard InChI is InChI=1S/C11H26N.C2H4O2/c1-5-9-10-11-12(6-2,7-3)8-4;1-2(3)4/h5-11H2,1-4H3;1H3,(H,3,4)/q+1;/p-1. The number of aliphatic carboxylic acids is 1. The number of carbonyl (C=O) groups excluding carboxylic acids is 1. The minimum atomic E-state index is -1.08. The van der Waals surface area contributed by atoms with Gasteiger partial charge in [0.2, 0.25) is 0 Å². The Kier molecular flexibility index (Phi) is 12.2. The van der Waals surface area contributed by atoms with E-state index in [2.05, 4.69) is 27.7 Å². The van der Waals surface area contributed by atoms with Crippen LogP contribution in [0, 0.1) is 0 Å². The zero-order chi connectivity index (χ0) is 13.0. The molecule has 0 spiro atoms. The average Bonchev–Trinajstić information content (AvgIpc) is 2.25. The molecule has 98 valence electrons. The summed E-state index contributed by atoms with van der Waals surface area (Å²) in [7, 11) is 0. The Morgan fingerprint density at radius 2 is 1.38 bits per heavy atom. The molecule has 0 radical (unpaired) electrons. The van der Waals surface area contributed by atoms with Gasteiger partial charge in [-0.05, 0) is 40.5 Å². The Bertz CT molecular complexity index is 153. The van der Waals surface area contributed by atoms with Crippen LogP contribution in [0.2, 0.25) is 0 Å². The van der Waals surface area contributed by atoms with Crippen LogP contribution in [0.25, 0.3) is 0 Å². The third kappa shape index (κ3) is 9.97. The lowest BCUT2D eigenvalue weighted by Crippen LogP contribution is -2.48. The molecule has 0 aromatic heterocycles. The van der Waals surface area contributed by atoms with Crippen LogP contribution >= 0.6 is 0 Å². The molecule has 0 aliphatic rings. The van der Waals surface area contributed by atoms with Gasteiger partial charge in [0.25, 0.3) is 0 Å². The average molecular weight is 231 g/mol. The molecule has 16 heavy (non-hydrogen) atoms. The third-order valence-corrected chi connectivity index (χ3v) is 3.25. The number of carboxylic acids is 1. The summed E-state index contributed by atoms with van der Waals surface area (Å²) in [5.74, 6) is -1.08. The summed E-state index contributed by atoms with van der Waals surface area (Å²) < 4.78 is 1.32. The highest BCUT2D eigenvalue weighted by Gasteiger charge is 2.18. The Labute approximate surface area is 101 Å². The topological polar surface area (TPSA) is 40.1 Å². The quantitative estimate of drug-likeness (QED) is 0.495. The Morgan fingerprint density at radius 3 is 1.62 bits per heavy atom. The number of hydrogen-bond donors (Lipinski definition) is 0. The molecule has 3 heteroatoms. The van der Waals surface area contributed by atoms with E-state index in [9.17, 15) is 0 Å². The molecule has 0 aromatic carbocycles. The van der Waals surface area contributed by atoms with Crippen molar-refractivity contribution in [3.63, 3.8) is 0 Å². The van der Waals surface area contributed by atoms with Crippen molar-refractivity contribution in [2.24, 2.45) is 0 Å². The second kappa shape index (κ2) is 10.9. The van der Waals surface area contributed by atoms with Gasteiger partial charge >= 0.3 is 0 Å². The van der Waals surface area contributed by atoms with Crippen LogP contribution in [0.4, 0.5) is 0 Å². The molecule has 0 amide bonds. The predicted molar refractivity (Wildman–Crippen MR) is 67.0 cm³/mol. The summed E-state index contributed by atoms with van der Waals surface area (Å²) >= 11 is 0. The van der Waals surface area contributed by atoms with Crippen LogP contribution in [0.15, 0.2) is 0 Å². The van der Waals surface area contributed by atoms with Crippen molar-refractivity contribution in [2.75, 3.05) is 26.2 Å². The Morgan fingerprint density at radius 1 is 1.00 bits per heavy atom. The molecule has 0 aliphatic carbocycles. The summed E-state index contributed by atoms with van der Waals surface area (Å²) in [6.45, 7) is 15.5. The molecule has 0 heterocycles. The summed E-state index contributed by atoms with van der Waals surface area (Å²) in [6.07, 6.45) is 4.16. The van der Waals surface area contributed by atoms with E-state index in [-0.39, 0.29) is 0 Å². The fourth-order valence-electron chi connectivity index (χ4n) is 1.84. The third-order valence-electron chi connectivity index (χ3n) is 3.25. The van der Waals surface area contributed by atoms with Crippen molar-refractivity contribution in [3.8, 4) is 0 Å². The normalized spacial score (nSPS) is 10.6. The maximum absolute atomic E-state index is 8.89. The molecule has 0 aliphatic heterocycles. The van der Waals surface area contributed by atoms with E-state index in [1.807, 2.05) is 0 Å². The molecule has 0 atom stereocenters. The van der Waals surface area contributed by atoms with Crippen LogP contribution in [0.1, 0.15) is 53.9 Å². The van der Waals surface area contributed by atoms with Crippen molar-refractivity contribution in [3.05, 3.63) is 0 Å². The summed E-state index contributed by atoms with van der Waals surface area (Å²) in [5, 5.41) is 8.89. The van der Waals surface area contributed by atoms with Crippen molar-refractivity contribution >= 4 is 5.97 Å². The second-order valence-electron chi connectivity index (χ2n) is 4.21. The van der Waals surface area contributed by atoms with Crippen LogP contribution in [0.3, 0.4) is 0 Å². The summed E-state index contributed by atoms with van der Waals surface area (Å²) in [4.78, 5) is 8.89. The number of quaternary nitrogens is 1. The molecular formula is C13H29NO2. The zero-order valence-corrected chi connectivity index (χ0v) is 11.7. The van der Waals surface area contributed by atoms with Gasteiger partial charge in [0.05, 0.1) is 26.2 Å². The molecule has 0 rings (SSSR count). The van der Waals surface area contributed by atoms with Crippen molar-refractivity contribution in [2.45, 2.75) is 53.9 Å². The van der Waals surface area contributed by atoms with E-state index in [1.54, 1.807) is 0 Å². The van der Waals surface area contributed by atoms with Crippen molar-refractivity contribution < 1.29 is 14.4 Å². The van der Waals surface area contributed by atoms with Crippen LogP contribution in [-0.2, 0) is 4.79 Å². The summed E-state index contributed by atoms with van der Waals surface area (Å²) in [6, 6.07) is 0. The number of carboxylic acid groups (broad SMARTS) is 1. The van der Waals surface area contributed by atoms with E-state index in [0.29, 0.717) is 0 Å². The minimum Gasteiger partial charge on any atom is -0.550 e. The second-order valence-corrected chi connectivity index (χ2v) is 4.21. The van der Waals surface area contributed by atoms with Gasteiger partial charge in [-0.2, -0.15) is 0 Å².